The molecule has 22 heavy (non-hydrogen) atoms. The quantitative estimate of drug-likeness (QED) is 0.657. The van der Waals surface area contributed by atoms with E-state index in [1.54, 1.807) is 25.1 Å². The van der Waals surface area contributed by atoms with E-state index in [4.69, 9.17) is 5.11 Å². The number of carbonyl (C=O) groups excluding carboxylic acids is 1. The Morgan fingerprint density at radius 3 is 2.32 bits per heavy atom. The molecular weight excluding hydrogens is 300 g/mol. The molecule has 1 amide bonds. The molecule has 0 aliphatic carbocycles. The highest BCUT2D eigenvalue weighted by molar-refractivity contribution is 7.15. The molecule has 0 bridgehead atoms. The average molecular weight is 316 g/mol. The molecule has 1 heterocycles. The molecule has 0 fully saturated rings. The van der Waals surface area contributed by atoms with Crippen LogP contribution in [0.2, 0.25) is 0 Å². The second-order valence-electron chi connectivity index (χ2n) is 4.66. The lowest BCUT2D eigenvalue weighted by Crippen LogP contribution is -2.19. The molecule has 6 heteroatoms. The third-order valence-electron chi connectivity index (χ3n) is 3.12. The highest BCUT2D eigenvalue weighted by Gasteiger charge is 2.09. The number of carboxylic acids is 1. The number of rotatable bonds is 5. The van der Waals surface area contributed by atoms with E-state index in [0.717, 1.165) is 23.3 Å². The molecule has 0 aliphatic heterocycles. The van der Waals surface area contributed by atoms with E-state index < -0.39 is 5.97 Å². The van der Waals surface area contributed by atoms with E-state index in [1.807, 2.05) is 12.1 Å². The lowest BCUT2D eigenvalue weighted by Gasteiger charge is -2.02. The van der Waals surface area contributed by atoms with Crippen LogP contribution in [0.4, 0.5) is 0 Å². The fourth-order valence-corrected chi connectivity index (χ4v) is 2.58. The topological polar surface area (TPSA) is 78.8 Å². The largest absolute Gasteiger partial charge is 0.477 e. The van der Waals surface area contributed by atoms with Crippen molar-refractivity contribution < 1.29 is 14.7 Å². The van der Waals surface area contributed by atoms with Crippen LogP contribution in [0, 0.1) is 0 Å². The van der Waals surface area contributed by atoms with Crippen molar-refractivity contribution in [3.63, 3.8) is 0 Å². The third kappa shape index (κ3) is 3.79. The predicted octanol–water partition coefficient (Wildman–Crippen LogP) is 3.16. The van der Waals surface area contributed by atoms with Gasteiger partial charge in [0.05, 0.1) is 10.6 Å². The fraction of sp³-hybridized carbons (Fsp3) is 0.188. The average Bonchev–Trinajstić information content (AvgIpc) is 3.02. The molecule has 0 aliphatic rings. The van der Waals surface area contributed by atoms with Crippen LogP contribution in [0.15, 0.2) is 41.5 Å². The van der Waals surface area contributed by atoms with Crippen LogP contribution in [0.5, 0.6) is 0 Å². The summed E-state index contributed by atoms with van der Waals surface area (Å²) in [6.07, 6.45) is 0.920. The first-order chi connectivity index (χ1) is 10.5. The fourth-order valence-electron chi connectivity index (χ4n) is 1.79. The Bertz CT molecular complexity index is 717. The second-order valence-corrected chi connectivity index (χ2v) is 5.74. The van der Waals surface area contributed by atoms with E-state index in [-0.39, 0.29) is 10.8 Å². The Morgan fingerprint density at radius 1 is 1.14 bits per heavy atom. The maximum Gasteiger partial charge on any atom is 0.345 e. The number of hydrazone groups is 1. The van der Waals surface area contributed by atoms with Crippen molar-refractivity contribution in [2.24, 2.45) is 5.10 Å². The molecule has 0 saturated heterocycles. The van der Waals surface area contributed by atoms with Gasteiger partial charge >= 0.3 is 5.97 Å². The van der Waals surface area contributed by atoms with Gasteiger partial charge in [0.2, 0.25) is 0 Å². The van der Waals surface area contributed by atoms with Crippen LogP contribution < -0.4 is 5.43 Å². The molecule has 2 N–H and O–H groups in total. The Balaban J connectivity index is 2.05. The predicted molar refractivity (Wildman–Crippen MR) is 86.8 cm³/mol. The van der Waals surface area contributed by atoms with Crippen LogP contribution >= 0.6 is 11.3 Å². The third-order valence-corrected chi connectivity index (χ3v) is 4.30. The summed E-state index contributed by atoms with van der Waals surface area (Å²) in [6.45, 7) is 3.77. The number of hydrogen-bond donors (Lipinski definition) is 2. The summed E-state index contributed by atoms with van der Waals surface area (Å²) < 4.78 is 0. The van der Waals surface area contributed by atoms with Gasteiger partial charge in [-0.15, -0.1) is 11.3 Å². The highest BCUT2D eigenvalue weighted by Crippen LogP contribution is 2.17. The summed E-state index contributed by atoms with van der Waals surface area (Å²) in [4.78, 5) is 23.8. The minimum atomic E-state index is -0.968. The molecular formula is C16H16N2O3S. The van der Waals surface area contributed by atoms with Crippen molar-refractivity contribution in [3.8, 4) is 0 Å². The zero-order valence-electron chi connectivity index (χ0n) is 12.3. The Morgan fingerprint density at radius 2 is 1.77 bits per heavy atom. The van der Waals surface area contributed by atoms with Crippen molar-refractivity contribution in [2.45, 2.75) is 20.3 Å². The van der Waals surface area contributed by atoms with Crippen molar-refractivity contribution in [2.75, 3.05) is 0 Å². The van der Waals surface area contributed by atoms with E-state index in [2.05, 4.69) is 17.5 Å². The number of hydrogen-bond acceptors (Lipinski definition) is 4. The summed E-state index contributed by atoms with van der Waals surface area (Å²) in [5.74, 6) is -1.26. The van der Waals surface area contributed by atoms with Crippen molar-refractivity contribution >= 4 is 28.9 Å². The van der Waals surface area contributed by atoms with Crippen LogP contribution in [-0.2, 0) is 6.42 Å². The van der Waals surface area contributed by atoms with Crippen molar-refractivity contribution in [1.82, 2.24) is 5.43 Å². The molecule has 1 aromatic heterocycles. The lowest BCUT2D eigenvalue weighted by molar-refractivity contribution is 0.0702. The van der Waals surface area contributed by atoms with Gasteiger partial charge in [-0.25, -0.2) is 10.2 Å². The highest BCUT2D eigenvalue weighted by atomic mass is 32.1. The number of carboxylic acid groups (broad SMARTS) is 1. The maximum atomic E-state index is 12.0. The van der Waals surface area contributed by atoms with Gasteiger partial charge in [-0.2, -0.15) is 5.10 Å². The normalized spacial score (nSPS) is 11.3. The molecule has 2 rings (SSSR count). The van der Waals surface area contributed by atoms with E-state index >= 15 is 0 Å². The smallest absolute Gasteiger partial charge is 0.345 e. The summed E-state index contributed by atoms with van der Waals surface area (Å²) >= 11 is 1.12. The number of amides is 1. The first-order valence-corrected chi connectivity index (χ1v) is 7.60. The number of thiophene rings is 1. The van der Waals surface area contributed by atoms with Gasteiger partial charge in [0.15, 0.2) is 0 Å². The van der Waals surface area contributed by atoms with Crippen LogP contribution in [0.25, 0.3) is 0 Å². The van der Waals surface area contributed by atoms with E-state index in [1.165, 1.54) is 6.07 Å². The molecule has 1 aromatic carbocycles. The summed E-state index contributed by atoms with van der Waals surface area (Å²) in [5, 5.41) is 12.9. The van der Waals surface area contributed by atoms with Crippen molar-refractivity contribution in [1.29, 1.82) is 0 Å². The SMILES string of the molecule is CCc1ccc(C(=O)N/N=C(/C)c2ccc(C(=O)O)s2)cc1. The van der Waals surface area contributed by atoms with Crippen LogP contribution in [0.3, 0.4) is 0 Å². The Hall–Kier alpha value is -2.47. The van der Waals surface area contributed by atoms with Crippen LogP contribution in [-0.4, -0.2) is 22.7 Å². The number of aryl methyl sites for hydroxylation is 1. The first-order valence-electron chi connectivity index (χ1n) is 6.78. The molecule has 0 unspecified atom stereocenters. The van der Waals surface area contributed by atoms with Gasteiger partial charge in [0.25, 0.3) is 5.91 Å². The first kappa shape index (κ1) is 15.9. The second kappa shape index (κ2) is 7.00. The standard InChI is InChI=1S/C16H16N2O3S/c1-3-11-4-6-12(7-5-11)15(19)18-17-10(2)13-8-9-14(22-13)16(20)21/h4-9H,3H2,1-2H3,(H,18,19)(H,20,21)/b17-10-. The zero-order valence-corrected chi connectivity index (χ0v) is 13.1. The number of nitrogens with zero attached hydrogens (tertiary/aromatic N) is 1. The molecule has 5 nitrogen and oxygen atoms in total. The van der Waals surface area contributed by atoms with Gasteiger partial charge in [-0.3, -0.25) is 4.79 Å². The molecule has 0 spiro atoms. The van der Waals surface area contributed by atoms with E-state index in [0.29, 0.717) is 16.2 Å². The monoisotopic (exact) mass is 316 g/mol. The molecule has 0 atom stereocenters. The molecule has 114 valence electrons. The lowest BCUT2D eigenvalue weighted by atomic mass is 10.1. The molecule has 0 saturated carbocycles. The summed E-state index contributed by atoms with van der Waals surface area (Å²) in [6, 6.07) is 10.5. The molecule has 2 aromatic rings. The summed E-state index contributed by atoms with van der Waals surface area (Å²) in [7, 11) is 0. The van der Waals surface area contributed by atoms with Gasteiger partial charge in [-0.05, 0) is 43.2 Å². The van der Waals surface area contributed by atoms with Crippen molar-refractivity contribution in [3.05, 3.63) is 57.3 Å². The van der Waals surface area contributed by atoms with Gasteiger partial charge in [0.1, 0.15) is 4.88 Å². The Labute approximate surface area is 132 Å². The number of aromatic carboxylic acids is 1. The zero-order chi connectivity index (χ0) is 16.1. The number of nitrogens with one attached hydrogen (secondary N) is 1. The van der Waals surface area contributed by atoms with Crippen LogP contribution in [0.1, 0.15) is 44.3 Å². The number of benzene rings is 1. The van der Waals surface area contributed by atoms with Gasteiger partial charge < -0.3 is 5.11 Å². The minimum Gasteiger partial charge on any atom is -0.477 e. The van der Waals surface area contributed by atoms with Gasteiger partial charge in [0, 0.05) is 5.56 Å². The maximum absolute atomic E-state index is 12.0. The minimum absolute atomic E-state index is 0.242. The van der Waals surface area contributed by atoms with Gasteiger partial charge in [-0.1, -0.05) is 19.1 Å². The molecule has 0 radical (unpaired) electrons. The number of carbonyl (C=O) groups is 2. The summed E-state index contributed by atoms with van der Waals surface area (Å²) in [5.41, 5.74) is 4.74. The Kier molecular flexibility index (Phi) is 5.06. The van der Waals surface area contributed by atoms with E-state index in [9.17, 15) is 9.59 Å².